The topological polar surface area (TPSA) is 102 Å². The number of para-hydroxylation sites is 3. The van der Waals surface area contributed by atoms with E-state index in [0.717, 1.165) is 22.8 Å². The molecule has 0 saturated heterocycles. The van der Waals surface area contributed by atoms with Gasteiger partial charge in [-0.3, -0.25) is 9.59 Å². The Labute approximate surface area is 174 Å². The summed E-state index contributed by atoms with van der Waals surface area (Å²) in [5, 5.41) is 7.53. The minimum Gasteiger partial charge on any atom is -0.477 e. The molecule has 3 aromatic rings. The highest BCUT2D eigenvalue weighted by molar-refractivity contribution is 5.96. The number of ether oxygens (including phenoxy) is 1. The van der Waals surface area contributed by atoms with Crippen LogP contribution in [0.2, 0.25) is 0 Å². The maximum Gasteiger partial charge on any atom is 0.260 e. The van der Waals surface area contributed by atoms with Gasteiger partial charge in [-0.15, -0.1) is 0 Å². The number of amides is 2. The highest BCUT2D eigenvalue weighted by Gasteiger charge is 2.30. The smallest absolute Gasteiger partial charge is 0.260 e. The zero-order chi connectivity index (χ0) is 21.3. The Morgan fingerprint density at radius 1 is 1.13 bits per heavy atom. The van der Waals surface area contributed by atoms with Gasteiger partial charge in [-0.05, 0) is 38.1 Å². The summed E-state index contributed by atoms with van der Waals surface area (Å²) in [6.07, 6.45) is -0.808. The van der Waals surface area contributed by atoms with Crippen molar-refractivity contribution in [3.63, 3.8) is 0 Å². The Morgan fingerprint density at radius 3 is 2.57 bits per heavy atom. The van der Waals surface area contributed by atoms with E-state index >= 15 is 0 Å². The molecule has 154 valence electrons. The van der Waals surface area contributed by atoms with E-state index in [2.05, 4.69) is 10.4 Å². The number of benzene rings is 2. The van der Waals surface area contributed by atoms with E-state index in [9.17, 15) is 9.59 Å². The first-order valence-electron chi connectivity index (χ1n) is 9.65. The van der Waals surface area contributed by atoms with Crippen LogP contribution in [-0.4, -0.2) is 40.8 Å². The van der Waals surface area contributed by atoms with Crippen LogP contribution in [0.3, 0.4) is 0 Å². The molecule has 0 radical (unpaired) electrons. The van der Waals surface area contributed by atoms with E-state index < -0.39 is 12.0 Å². The van der Waals surface area contributed by atoms with Gasteiger partial charge in [-0.1, -0.05) is 30.3 Å². The maximum absolute atomic E-state index is 12.9. The molecule has 8 nitrogen and oxygen atoms in total. The van der Waals surface area contributed by atoms with Gasteiger partial charge in [0.2, 0.25) is 5.91 Å². The van der Waals surface area contributed by atoms with Gasteiger partial charge in [-0.2, -0.15) is 5.10 Å². The highest BCUT2D eigenvalue weighted by atomic mass is 16.5. The van der Waals surface area contributed by atoms with Gasteiger partial charge in [0.05, 0.1) is 41.5 Å². The van der Waals surface area contributed by atoms with Crippen LogP contribution >= 0.6 is 0 Å². The van der Waals surface area contributed by atoms with Gasteiger partial charge >= 0.3 is 0 Å². The molecule has 0 unspecified atom stereocenters. The molecule has 3 N–H and O–H groups in total. The van der Waals surface area contributed by atoms with Crippen molar-refractivity contribution in [3.8, 4) is 11.4 Å². The lowest BCUT2D eigenvalue weighted by Gasteiger charge is -2.34. The predicted octanol–water partition coefficient (Wildman–Crippen LogP) is 2.18. The Hall–Kier alpha value is -3.81. The molecular formula is C22H23N5O3. The third-order valence-electron chi connectivity index (χ3n) is 5.07. The quantitative estimate of drug-likeness (QED) is 0.677. The number of carbonyl (C=O) groups is 2. The molecule has 0 spiro atoms. The number of anilines is 2. The van der Waals surface area contributed by atoms with Gasteiger partial charge in [0.25, 0.3) is 5.91 Å². The summed E-state index contributed by atoms with van der Waals surface area (Å²) in [7, 11) is 0. The molecule has 0 bridgehead atoms. The number of nitrogens with two attached hydrogens (primary N) is 1. The fourth-order valence-corrected chi connectivity index (χ4v) is 3.60. The molecule has 0 aliphatic carbocycles. The Balaban J connectivity index is 1.54. The fourth-order valence-electron chi connectivity index (χ4n) is 3.60. The number of hydrogen-bond acceptors (Lipinski definition) is 5. The van der Waals surface area contributed by atoms with E-state index in [0.29, 0.717) is 11.4 Å². The minimum absolute atomic E-state index is 0.0551. The molecule has 0 fully saturated rings. The predicted molar refractivity (Wildman–Crippen MR) is 114 cm³/mol. The van der Waals surface area contributed by atoms with Gasteiger partial charge < -0.3 is 20.7 Å². The second-order valence-electron chi connectivity index (χ2n) is 7.20. The Morgan fingerprint density at radius 2 is 1.83 bits per heavy atom. The van der Waals surface area contributed by atoms with Crippen molar-refractivity contribution in [1.29, 1.82) is 0 Å². The highest BCUT2D eigenvalue weighted by Crippen LogP contribution is 2.33. The zero-order valence-corrected chi connectivity index (χ0v) is 16.8. The first-order chi connectivity index (χ1) is 14.4. The van der Waals surface area contributed by atoms with Crippen LogP contribution in [0.15, 0.2) is 54.6 Å². The van der Waals surface area contributed by atoms with Gasteiger partial charge in [-0.25, -0.2) is 4.68 Å². The van der Waals surface area contributed by atoms with Crippen LogP contribution < -0.4 is 20.7 Å². The Bertz CT molecular complexity index is 1090. The lowest BCUT2D eigenvalue weighted by Crippen LogP contribution is -2.49. The largest absolute Gasteiger partial charge is 0.477 e. The molecule has 1 aliphatic heterocycles. The minimum atomic E-state index is -0.808. The number of nitrogens with zero attached hydrogens (tertiary/aromatic N) is 3. The Kier molecular flexibility index (Phi) is 5.14. The van der Waals surface area contributed by atoms with Gasteiger partial charge in [0, 0.05) is 0 Å². The number of fused-ring (bicyclic) bond motifs is 1. The zero-order valence-electron chi connectivity index (χ0n) is 16.8. The molecule has 1 atom stereocenters. The SMILES string of the molecule is Cc1nn(-c2ccccc2)c(C)c1NC(=O)CN1C[C@H](C(N)=O)Oc2ccccc21. The van der Waals surface area contributed by atoms with Crippen molar-refractivity contribution in [3.05, 3.63) is 66.0 Å². The van der Waals surface area contributed by atoms with Crippen LogP contribution in [0.25, 0.3) is 5.69 Å². The lowest BCUT2D eigenvalue weighted by atomic mass is 10.1. The normalized spacial score (nSPS) is 15.3. The first kappa shape index (κ1) is 19.5. The summed E-state index contributed by atoms with van der Waals surface area (Å²) in [5.41, 5.74) is 9.35. The van der Waals surface area contributed by atoms with Gasteiger partial charge in [0.15, 0.2) is 6.10 Å². The average molecular weight is 405 g/mol. The first-order valence-corrected chi connectivity index (χ1v) is 9.65. The van der Waals surface area contributed by atoms with Crippen LogP contribution in [0.5, 0.6) is 5.75 Å². The van der Waals surface area contributed by atoms with Crippen molar-refractivity contribution in [2.45, 2.75) is 20.0 Å². The van der Waals surface area contributed by atoms with Crippen molar-refractivity contribution in [2.24, 2.45) is 5.73 Å². The lowest BCUT2D eigenvalue weighted by molar-refractivity contribution is -0.125. The van der Waals surface area contributed by atoms with Crippen molar-refractivity contribution in [1.82, 2.24) is 9.78 Å². The molecule has 2 aromatic carbocycles. The molecule has 30 heavy (non-hydrogen) atoms. The number of primary amides is 1. The molecule has 2 amide bonds. The molecule has 4 rings (SSSR count). The van der Waals surface area contributed by atoms with Crippen LogP contribution in [0.1, 0.15) is 11.4 Å². The molecule has 1 aliphatic rings. The number of hydrogen-bond donors (Lipinski definition) is 2. The second-order valence-corrected chi connectivity index (χ2v) is 7.20. The van der Waals surface area contributed by atoms with E-state index in [1.54, 1.807) is 15.6 Å². The molecule has 8 heteroatoms. The summed E-state index contributed by atoms with van der Waals surface area (Å²) < 4.78 is 7.46. The van der Waals surface area contributed by atoms with Crippen LogP contribution in [0, 0.1) is 13.8 Å². The second kappa shape index (κ2) is 7.90. The van der Waals surface area contributed by atoms with E-state index in [4.69, 9.17) is 10.5 Å². The molecule has 0 saturated carbocycles. The van der Waals surface area contributed by atoms with Gasteiger partial charge in [0.1, 0.15) is 5.75 Å². The standard InChI is InChI=1S/C22H23N5O3/c1-14-21(15(2)27(25-14)16-8-4-3-5-9-16)24-20(28)13-26-12-19(22(23)29)30-18-11-7-6-10-17(18)26/h3-11,19H,12-13H2,1-2H3,(H2,23,29)(H,24,28)/t19-/m1/s1. The van der Waals surface area contributed by atoms with E-state index in [-0.39, 0.29) is 19.0 Å². The van der Waals surface area contributed by atoms with Crippen molar-refractivity contribution in [2.75, 3.05) is 23.3 Å². The maximum atomic E-state index is 12.9. The molecule has 1 aromatic heterocycles. The van der Waals surface area contributed by atoms with Crippen molar-refractivity contribution < 1.29 is 14.3 Å². The number of rotatable bonds is 5. The van der Waals surface area contributed by atoms with E-state index in [1.807, 2.05) is 62.4 Å². The summed E-state index contributed by atoms with van der Waals surface area (Å²) in [5.74, 6) is -0.246. The summed E-state index contributed by atoms with van der Waals surface area (Å²) in [6, 6.07) is 17.0. The number of aryl methyl sites for hydroxylation is 1. The van der Waals surface area contributed by atoms with Crippen LogP contribution in [-0.2, 0) is 9.59 Å². The number of aromatic nitrogens is 2. The van der Waals surface area contributed by atoms with Crippen LogP contribution in [0.4, 0.5) is 11.4 Å². The molecular weight excluding hydrogens is 382 g/mol. The van der Waals surface area contributed by atoms with Crippen molar-refractivity contribution >= 4 is 23.2 Å². The average Bonchev–Trinajstić information content (AvgIpc) is 3.02. The monoisotopic (exact) mass is 405 g/mol. The summed E-state index contributed by atoms with van der Waals surface area (Å²) in [6.45, 7) is 4.03. The third-order valence-corrected chi connectivity index (χ3v) is 5.07. The summed E-state index contributed by atoms with van der Waals surface area (Å²) >= 11 is 0. The summed E-state index contributed by atoms with van der Waals surface area (Å²) in [4.78, 5) is 26.3. The number of nitrogens with one attached hydrogen (secondary N) is 1. The third kappa shape index (κ3) is 3.71. The number of carbonyl (C=O) groups excluding carboxylic acids is 2. The van der Waals surface area contributed by atoms with E-state index in [1.165, 1.54) is 0 Å². The fraction of sp³-hybridized carbons (Fsp3) is 0.227. The molecule has 2 heterocycles.